The van der Waals surface area contributed by atoms with Gasteiger partial charge in [0.05, 0.1) is 16.6 Å². The molecule has 2 aromatic carbocycles. The topological polar surface area (TPSA) is 46.9 Å². The number of fused-ring (bicyclic) bond motifs is 1. The number of hydrogen-bond donors (Lipinski definition) is 1. The van der Waals surface area contributed by atoms with Gasteiger partial charge in [0.1, 0.15) is 11.6 Å². The van der Waals surface area contributed by atoms with Gasteiger partial charge in [0.2, 0.25) is 0 Å². The molecule has 1 N–H and O–H groups in total. The van der Waals surface area contributed by atoms with Crippen LogP contribution in [0.2, 0.25) is 0 Å². The molecule has 0 amide bonds. The van der Waals surface area contributed by atoms with Crippen LogP contribution in [0.3, 0.4) is 0 Å². The van der Waals surface area contributed by atoms with Crippen molar-refractivity contribution in [2.24, 2.45) is 0 Å². The third-order valence-electron chi connectivity index (χ3n) is 4.78. The van der Waals surface area contributed by atoms with Crippen LogP contribution in [-0.2, 0) is 6.54 Å². The molecular formula is C23H26FN3O. The Morgan fingerprint density at radius 1 is 1.14 bits per heavy atom. The lowest BCUT2D eigenvalue weighted by Crippen LogP contribution is -2.23. The van der Waals surface area contributed by atoms with Crippen molar-refractivity contribution in [2.45, 2.75) is 40.2 Å². The second-order valence-corrected chi connectivity index (χ2v) is 7.05. The van der Waals surface area contributed by atoms with Gasteiger partial charge in [-0.25, -0.2) is 9.37 Å². The molecule has 0 saturated carbocycles. The minimum Gasteiger partial charge on any atom is -0.383 e. The molecule has 0 aliphatic carbocycles. The van der Waals surface area contributed by atoms with E-state index in [9.17, 15) is 9.18 Å². The summed E-state index contributed by atoms with van der Waals surface area (Å²) in [6.45, 7) is 9.15. The predicted molar refractivity (Wildman–Crippen MR) is 115 cm³/mol. The number of aromatic nitrogens is 2. The van der Waals surface area contributed by atoms with E-state index in [-0.39, 0.29) is 5.56 Å². The highest BCUT2D eigenvalue weighted by Gasteiger charge is 2.12. The van der Waals surface area contributed by atoms with Gasteiger partial charge in [-0.05, 0) is 49.1 Å². The lowest BCUT2D eigenvalue weighted by molar-refractivity contribution is 0.631. The average molecular weight is 379 g/mol. The summed E-state index contributed by atoms with van der Waals surface area (Å²) in [6, 6.07) is 11.2. The van der Waals surface area contributed by atoms with E-state index in [0.717, 1.165) is 5.56 Å². The number of nitrogens with zero attached hydrogens (tertiary/aromatic N) is 2. The van der Waals surface area contributed by atoms with Crippen LogP contribution >= 0.6 is 0 Å². The summed E-state index contributed by atoms with van der Waals surface area (Å²) < 4.78 is 15.8. The first-order chi connectivity index (χ1) is 13.4. The Morgan fingerprint density at radius 2 is 1.86 bits per heavy atom. The highest BCUT2D eigenvalue weighted by atomic mass is 19.1. The van der Waals surface area contributed by atoms with E-state index in [4.69, 9.17) is 0 Å². The molecule has 1 heterocycles. The lowest BCUT2D eigenvalue weighted by atomic mass is 10.0. The smallest absolute Gasteiger partial charge is 0.261 e. The quantitative estimate of drug-likeness (QED) is 0.634. The van der Waals surface area contributed by atoms with E-state index in [1.54, 1.807) is 10.6 Å². The Hall–Kier alpha value is -2.95. The van der Waals surface area contributed by atoms with Gasteiger partial charge in [-0.2, -0.15) is 0 Å². The molecule has 0 aliphatic rings. The van der Waals surface area contributed by atoms with Gasteiger partial charge in [-0.3, -0.25) is 9.36 Å². The van der Waals surface area contributed by atoms with Crippen LogP contribution in [-0.4, -0.2) is 16.1 Å². The fourth-order valence-corrected chi connectivity index (χ4v) is 3.18. The SMILES string of the molecule is CCNc1cc2nc(/C=C/c3ccc(C(C)C)cc3)n(CC)c(=O)c2cc1F. The second kappa shape index (κ2) is 8.38. The monoisotopic (exact) mass is 379 g/mol. The summed E-state index contributed by atoms with van der Waals surface area (Å²) >= 11 is 0. The molecule has 3 aromatic rings. The van der Waals surface area contributed by atoms with Crippen LogP contribution < -0.4 is 10.9 Å². The Balaban J connectivity index is 2.06. The molecule has 0 saturated heterocycles. The highest BCUT2D eigenvalue weighted by Crippen LogP contribution is 2.21. The number of anilines is 1. The normalized spacial score (nSPS) is 11.6. The fraction of sp³-hybridized carbons (Fsp3) is 0.304. The van der Waals surface area contributed by atoms with E-state index >= 15 is 0 Å². The van der Waals surface area contributed by atoms with Gasteiger partial charge in [0, 0.05) is 13.1 Å². The molecule has 0 bridgehead atoms. The second-order valence-electron chi connectivity index (χ2n) is 7.05. The summed E-state index contributed by atoms with van der Waals surface area (Å²) in [5.74, 6) is 0.600. The van der Waals surface area contributed by atoms with E-state index < -0.39 is 5.82 Å². The first kappa shape index (κ1) is 19.8. The molecule has 0 spiro atoms. The number of nitrogens with one attached hydrogen (secondary N) is 1. The molecule has 0 radical (unpaired) electrons. The van der Waals surface area contributed by atoms with Crippen LogP contribution in [0, 0.1) is 5.82 Å². The van der Waals surface area contributed by atoms with Crippen molar-refractivity contribution in [3.05, 3.63) is 69.5 Å². The molecule has 0 unspecified atom stereocenters. The molecule has 0 fully saturated rings. The van der Waals surface area contributed by atoms with Crippen molar-refractivity contribution in [1.82, 2.24) is 9.55 Å². The van der Waals surface area contributed by atoms with Crippen LogP contribution in [0.1, 0.15) is 50.6 Å². The number of halogens is 1. The molecule has 4 nitrogen and oxygen atoms in total. The maximum atomic E-state index is 14.2. The van der Waals surface area contributed by atoms with E-state index in [1.807, 2.05) is 26.0 Å². The highest BCUT2D eigenvalue weighted by molar-refractivity contribution is 5.83. The Kier molecular flexibility index (Phi) is 5.93. The Morgan fingerprint density at radius 3 is 2.46 bits per heavy atom. The molecule has 3 rings (SSSR count). The number of hydrogen-bond acceptors (Lipinski definition) is 3. The standard InChI is InChI=1S/C23H26FN3O/c1-5-25-21-14-20-18(13-19(21)24)23(28)27(6-2)22(26-20)12-9-16-7-10-17(11-8-16)15(3)4/h7-15,25H,5-6H2,1-4H3/b12-9+. The minimum atomic E-state index is -0.440. The molecular weight excluding hydrogens is 353 g/mol. The third kappa shape index (κ3) is 3.98. The van der Waals surface area contributed by atoms with Gasteiger partial charge in [0.25, 0.3) is 5.56 Å². The molecule has 0 atom stereocenters. The number of rotatable bonds is 6. The Bertz CT molecular complexity index is 1070. The third-order valence-corrected chi connectivity index (χ3v) is 4.78. The summed E-state index contributed by atoms with van der Waals surface area (Å²) in [7, 11) is 0. The average Bonchev–Trinajstić information content (AvgIpc) is 2.68. The summed E-state index contributed by atoms with van der Waals surface area (Å²) in [5.41, 5.74) is 2.93. The largest absolute Gasteiger partial charge is 0.383 e. The van der Waals surface area contributed by atoms with Crippen molar-refractivity contribution in [3.8, 4) is 0 Å². The Labute approximate surface area is 164 Å². The summed E-state index contributed by atoms with van der Waals surface area (Å²) in [5, 5.41) is 3.26. The van der Waals surface area contributed by atoms with E-state index in [2.05, 4.69) is 48.4 Å². The van der Waals surface area contributed by atoms with Gasteiger partial charge >= 0.3 is 0 Å². The number of benzene rings is 2. The van der Waals surface area contributed by atoms with Crippen molar-refractivity contribution in [1.29, 1.82) is 0 Å². The molecule has 5 heteroatoms. The zero-order valence-corrected chi connectivity index (χ0v) is 16.8. The molecule has 28 heavy (non-hydrogen) atoms. The van der Waals surface area contributed by atoms with Crippen LogP contribution in [0.15, 0.2) is 41.2 Å². The maximum absolute atomic E-state index is 14.2. The van der Waals surface area contributed by atoms with Crippen LogP contribution in [0.25, 0.3) is 23.1 Å². The fourth-order valence-electron chi connectivity index (χ4n) is 3.18. The van der Waals surface area contributed by atoms with Crippen LogP contribution in [0.5, 0.6) is 0 Å². The van der Waals surface area contributed by atoms with E-state index in [0.29, 0.717) is 41.4 Å². The van der Waals surface area contributed by atoms with Gasteiger partial charge < -0.3 is 5.32 Å². The maximum Gasteiger partial charge on any atom is 0.261 e. The van der Waals surface area contributed by atoms with Gasteiger partial charge in [0.15, 0.2) is 0 Å². The zero-order valence-electron chi connectivity index (χ0n) is 16.8. The van der Waals surface area contributed by atoms with E-state index in [1.165, 1.54) is 11.6 Å². The predicted octanol–water partition coefficient (Wildman–Crippen LogP) is 5.28. The lowest BCUT2D eigenvalue weighted by Gasteiger charge is -2.11. The van der Waals surface area contributed by atoms with Crippen molar-refractivity contribution in [3.63, 3.8) is 0 Å². The summed E-state index contributed by atoms with van der Waals surface area (Å²) in [6.07, 6.45) is 3.78. The molecule has 1 aromatic heterocycles. The van der Waals surface area contributed by atoms with Crippen LogP contribution in [0.4, 0.5) is 10.1 Å². The molecule has 0 aliphatic heterocycles. The van der Waals surface area contributed by atoms with Crippen molar-refractivity contribution >= 4 is 28.7 Å². The van der Waals surface area contributed by atoms with Gasteiger partial charge in [-0.1, -0.05) is 44.2 Å². The molecule has 146 valence electrons. The first-order valence-corrected chi connectivity index (χ1v) is 9.70. The van der Waals surface area contributed by atoms with Gasteiger partial charge in [-0.15, -0.1) is 0 Å². The zero-order chi connectivity index (χ0) is 20.3. The van der Waals surface area contributed by atoms with Crippen molar-refractivity contribution in [2.75, 3.05) is 11.9 Å². The summed E-state index contributed by atoms with van der Waals surface area (Å²) in [4.78, 5) is 17.5. The minimum absolute atomic E-state index is 0.232. The first-order valence-electron chi connectivity index (χ1n) is 9.70. The van der Waals surface area contributed by atoms with Crippen molar-refractivity contribution < 1.29 is 4.39 Å².